The maximum Gasteiger partial charge on any atom is 0.0653 e. The van der Waals surface area contributed by atoms with E-state index in [1.54, 1.807) is 0 Å². The molecule has 25 heavy (non-hydrogen) atoms. The van der Waals surface area contributed by atoms with Crippen LogP contribution in [0.15, 0.2) is 48.9 Å². The monoisotopic (exact) mass is 335 g/mol. The van der Waals surface area contributed by atoms with Gasteiger partial charge in [0.1, 0.15) is 0 Å². The van der Waals surface area contributed by atoms with E-state index in [9.17, 15) is 0 Å². The first-order chi connectivity index (χ1) is 12.3. The van der Waals surface area contributed by atoms with Gasteiger partial charge in [0.2, 0.25) is 0 Å². The maximum absolute atomic E-state index is 4.20. The molecule has 0 aliphatic carbocycles. The lowest BCUT2D eigenvalue weighted by molar-refractivity contribution is 0.254. The summed E-state index contributed by atoms with van der Waals surface area (Å²) in [6, 6.07) is 10.8. The summed E-state index contributed by atoms with van der Waals surface area (Å²) < 4.78 is 0. The molecule has 5 nitrogen and oxygen atoms in total. The fourth-order valence-corrected chi connectivity index (χ4v) is 3.85. The molecule has 1 unspecified atom stereocenters. The van der Waals surface area contributed by atoms with Gasteiger partial charge >= 0.3 is 0 Å². The molecule has 4 rings (SSSR count). The summed E-state index contributed by atoms with van der Waals surface area (Å²) in [4.78, 5) is 9.19. The van der Waals surface area contributed by atoms with Crippen molar-refractivity contribution in [1.82, 2.24) is 25.0 Å². The van der Waals surface area contributed by atoms with E-state index in [0.29, 0.717) is 0 Å². The molecule has 0 spiro atoms. The highest BCUT2D eigenvalue weighted by Crippen LogP contribution is 2.21. The van der Waals surface area contributed by atoms with E-state index in [0.717, 1.165) is 31.1 Å². The van der Waals surface area contributed by atoms with Crippen LogP contribution in [0.4, 0.5) is 0 Å². The van der Waals surface area contributed by atoms with Crippen LogP contribution in [-0.4, -0.2) is 51.7 Å². The van der Waals surface area contributed by atoms with Crippen molar-refractivity contribution >= 4 is 10.9 Å². The summed E-state index contributed by atoms with van der Waals surface area (Å²) in [5, 5.41) is 8.35. The number of nitrogens with one attached hydrogen (secondary N) is 1. The third kappa shape index (κ3) is 4.06. The molecule has 1 aliphatic rings. The molecule has 1 atom stereocenters. The number of aromatic amines is 1. The summed E-state index contributed by atoms with van der Waals surface area (Å²) in [6.07, 6.45) is 6.95. The summed E-state index contributed by atoms with van der Waals surface area (Å²) in [6.45, 7) is 5.51. The predicted octanol–water partition coefficient (Wildman–Crippen LogP) is 2.91. The Morgan fingerprint density at radius 1 is 1.24 bits per heavy atom. The van der Waals surface area contributed by atoms with E-state index >= 15 is 0 Å². The smallest absolute Gasteiger partial charge is 0.0653 e. The molecule has 1 N–H and O–H groups in total. The molecule has 130 valence electrons. The van der Waals surface area contributed by atoms with E-state index in [1.807, 2.05) is 24.7 Å². The normalized spacial score (nSPS) is 18.4. The highest BCUT2D eigenvalue weighted by atomic mass is 15.2. The van der Waals surface area contributed by atoms with Gasteiger partial charge in [0.25, 0.3) is 0 Å². The Bertz CT molecular complexity index is 813. The van der Waals surface area contributed by atoms with Crippen molar-refractivity contribution in [3.8, 4) is 0 Å². The summed E-state index contributed by atoms with van der Waals surface area (Å²) in [7, 11) is 2.21. The Kier molecular flexibility index (Phi) is 4.76. The van der Waals surface area contributed by atoms with Crippen LogP contribution < -0.4 is 0 Å². The number of rotatable bonds is 6. The first-order valence-corrected chi connectivity index (χ1v) is 8.98. The standard InChI is InChI=1S/C20H25N5/c1-24(12-17-3-2-7-21-10-17)13-18-6-8-25(15-18)14-16-4-5-19-11-22-23-20(19)9-16/h2-5,7,9-11,18H,6,8,12-15H2,1H3,(H,22,23). The minimum Gasteiger partial charge on any atom is -0.302 e. The van der Waals surface area contributed by atoms with Gasteiger partial charge in [0.05, 0.1) is 11.7 Å². The Balaban J connectivity index is 1.29. The SMILES string of the molecule is CN(Cc1cccnc1)CC1CCN(Cc2ccc3cn[nH]c3c2)C1. The molecule has 1 fully saturated rings. The molecule has 5 heteroatoms. The molecule has 2 aromatic heterocycles. The van der Waals surface area contributed by atoms with Crippen molar-refractivity contribution < 1.29 is 0 Å². The molecule has 1 aliphatic heterocycles. The zero-order chi connectivity index (χ0) is 17.1. The van der Waals surface area contributed by atoms with Crippen LogP contribution in [0.2, 0.25) is 0 Å². The lowest BCUT2D eigenvalue weighted by Crippen LogP contribution is -2.28. The van der Waals surface area contributed by atoms with Crippen LogP contribution in [0.5, 0.6) is 0 Å². The number of benzene rings is 1. The zero-order valence-corrected chi connectivity index (χ0v) is 14.7. The molecule has 0 saturated carbocycles. The van der Waals surface area contributed by atoms with Crippen LogP contribution in [0.3, 0.4) is 0 Å². The first kappa shape index (κ1) is 16.2. The Labute approximate surface area is 148 Å². The number of pyridine rings is 1. The van der Waals surface area contributed by atoms with Crippen LogP contribution in [0.1, 0.15) is 17.5 Å². The molecule has 3 heterocycles. The molecule has 3 aromatic rings. The molecular weight excluding hydrogens is 310 g/mol. The number of hydrogen-bond donors (Lipinski definition) is 1. The average molecular weight is 335 g/mol. The highest BCUT2D eigenvalue weighted by Gasteiger charge is 2.23. The third-order valence-corrected chi connectivity index (χ3v) is 5.03. The second kappa shape index (κ2) is 7.33. The van der Waals surface area contributed by atoms with Crippen LogP contribution in [0.25, 0.3) is 10.9 Å². The van der Waals surface area contributed by atoms with E-state index in [4.69, 9.17) is 0 Å². The van der Waals surface area contributed by atoms with Crippen molar-refractivity contribution in [3.63, 3.8) is 0 Å². The number of aromatic nitrogens is 3. The van der Waals surface area contributed by atoms with Crippen molar-refractivity contribution in [2.75, 3.05) is 26.7 Å². The summed E-state index contributed by atoms with van der Waals surface area (Å²) in [5.41, 5.74) is 3.78. The topological polar surface area (TPSA) is 48.1 Å². The fourth-order valence-electron chi connectivity index (χ4n) is 3.85. The van der Waals surface area contributed by atoms with Crippen LogP contribution in [-0.2, 0) is 13.1 Å². The van der Waals surface area contributed by atoms with Crippen molar-refractivity contribution in [1.29, 1.82) is 0 Å². The van der Waals surface area contributed by atoms with E-state index in [1.165, 1.54) is 36.0 Å². The van der Waals surface area contributed by atoms with Gasteiger partial charge in [-0.3, -0.25) is 15.0 Å². The third-order valence-electron chi connectivity index (χ3n) is 5.03. The van der Waals surface area contributed by atoms with Gasteiger partial charge in [-0.25, -0.2) is 0 Å². The molecular formula is C20H25N5. The number of hydrogen-bond acceptors (Lipinski definition) is 4. The summed E-state index contributed by atoms with van der Waals surface area (Å²) in [5.74, 6) is 0.748. The van der Waals surface area contributed by atoms with Gasteiger partial charge in [-0.05, 0) is 49.2 Å². The Morgan fingerprint density at radius 2 is 2.20 bits per heavy atom. The average Bonchev–Trinajstić information content (AvgIpc) is 3.24. The van der Waals surface area contributed by atoms with Gasteiger partial charge in [-0.15, -0.1) is 0 Å². The minimum absolute atomic E-state index is 0.748. The molecule has 1 saturated heterocycles. The molecule has 0 radical (unpaired) electrons. The van der Waals surface area contributed by atoms with Gasteiger partial charge in [0, 0.05) is 44.0 Å². The molecule has 0 amide bonds. The van der Waals surface area contributed by atoms with E-state index < -0.39 is 0 Å². The number of H-pyrrole nitrogens is 1. The van der Waals surface area contributed by atoms with E-state index in [-0.39, 0.29) is 0 Å². The van der Waals surface area contributed by atoms with Crippen LogP contribution >= 0.6 is 0 Å². The van der Waals surface area contributed by atoms with Crippen LogP contribution in [0, 0.1) is 5.92 Å². The maximum atomic E-state index is 4.20. The van der Waals surface area contributed by atoms with Gasteiger partial charge < -0.3 is 4.90 Å². The number of likely N-dealkylation sites (tertiary alicyclic amines) is 1. The number of fused-ring (bicyclic) bond motifs is 1. The van der Waals surface area contributed by atoms with Crippen molar-refractivity contribution in [3.05, 3.63) is 60.0 Å². The molecule has 1 aromatic carbocycles. The number of nitrogens with zero attached hydrogens (tertiary/aromatic N) is 4. The zero-order valence-electron chi connectivity index (χ0n) is 14.7. The van der Waals surface area contributed by atoms with Gasteiger partial charge in [-0.1, -0.05) is 18.2 Å². The largest absolute Gasteiger partial charge is 0.302 e. The molecule has 0 bridgehead atoms. The quantitative estimate of drug-likeness (QED) is 0.752. The lowest BCUT2D eigenvalue weighted by atomic mass is 10.1. The predicted molar refractivity (Wildman–Crippen MR) is 100 cm³/mol. The fraction of sp³-hybridized carbons (Fsp3) is 0.400. The second-order valence-corrected chi connectivity index (χ2v) is 7.24. The van der Waals surface area contributed by atoms with Crippen molar-refractivity contribution in [2.45, 2.75) is 19.5 Å². The second-order valence-electron chi connectivity index (χ2n) is 7.24. The Morgan fingerprint density at radius 3 is 3.08 bits per heavy atom. The van der Waals surface area contributed by atoms with Gasteiger partial charge in [-0.2, -0.15) is 5.10 Å². The minimum atomic E-state index is 0.748. The Hall–Kier alpha value is -2.24. The van der Waals surface area contributed by atoms with E-state index in [2.05, 4.69) is 56.3 Å². The van der Waals surface area contributed by atoms with Crippen molar-refractivity contribution in [2.24, 2.45) is 5.92 Å². The van der Waals surface area contributed by atoms with Gasteiger partial charge in [0.15, 0.2) is 0 Å². The summed E-state index contributed by atoms with van der Waals surface area (Å²) >= 11 is 0. The highest BCUT2D eigenvalue weighted by molar-refractivity contribution is 5.78. The first-order valence-electron chi connectivity index (χ1n) is 8.98. The lowest BCUT2D eigenvalue weighted by Gasteiger charge is -2.21.